The van der Waals surface area contributed by atoms with E-state index in [1.165, 1.54) is 0 Å². The Hall–Kier alpha value is -1.97. The number of aromatic nitrogens is 2. The van der Waals surface area contributed by atoms with E-state index in [-0.39, 0.29) is 0 Å². The molecule has 0 atom stereocenters. The highest BCUT2D eigenvalue weighted by atomic mass is 16.5. The molecule has 0 aliphatic heterocycles. The van der Waals surface area contributed by atoms with Crippen molar-refractivity contribution in [3.05, 3.63) is 30.0 Å². The number of rotatable bonds is 2. The highest BCUT2D eigenvalue weighted by molar-refractivity contribution is 5.78. The van der Waals surface area contributed by atoms with Gasteiger partial charge >= 0.3 is 0 Å². The molecule has 0 saturated carbocycles. The molecular formula is C11H13N3O. The molecule has 1 aromatic carbocycles. The first-order chi connectivity index (χ1) is 7.22. The minimum absolute atomic E-state index is 0.555. The summed E-state index contributed by atoms with van der Waals surface area (Å²) in [5.41, 5.74) is 8.76. The van der Waals surface area contributed by atoms with Gasteiger partial charge in [0.1, 0.15) is 11.6 Å². The van der Waals surface area contributed by atoms with E-state index in [1.54, 1.807) is 13.3 Å². The number of H-pyrrole nitrogens is 1. The zero-order chi connectivity index (χ0) is 10.8. The van der Waals surface area contributed by atoms with Crippen LogP contribution in [0.2, 0.25) is 0 Å². The molecule has 0 unspecified atom stereocenters. The standard InChI is InChI=1S/C11H13N3O/c1-7-3-4-10(15-2)8(5-7)9-6-13-14-11(9)12/h3-6H,1-2H3,(H3,12,13,14). The minimum Gasteiger partial charge on any atom is -0.496 e. The van der Waals surface area contributed by atoms with Crippen LogP contribution in [0.25, 0.3) is 11.1 Å². The topological polar surface area (TPSA) is 63.9 Å². The third kappa shape index (κ3) is 1.66. The number of hydrogen-bond acceptors (Lipinski definition) is 3. The molecule has 4 heteroatoms. The first-order valence-electron chi connectivity index (χ1n) is 4.66. The molecule has 78 valence electrons. The SMILES string of the molecule is COc1ccc(C)cc1-c1cn[nH]c1N. The second kappa shape index (κ2) is 3.65. The average molecular weight is 203 g/mol. The van der Waals surface area contributed by atoms with Gasteiger partial charge in [-0.25, -0.2) is 0 Å². The zero-order valence-corrected chi connectivity index (χ0v) is 8.74. The molecule has 3 N–H and O–H groups in total. The van der Waals surface area contributed by atoms with Crippen LogP contribution < -0.4 is 10.5 Å². The summed E-state index contributed by atoms with van der Waals surface area (Å²) < 4.78 is 5.28. The number of nitrogen functional groups attached to an aromatic ring is 1. The van der Waals surface area contributed by atoms with Crippen molar-refractivity contribution < 1.29 is 4.74 Å². The van der Waals surface area contributed by atoms with Gasteiger partial charge in [-0.2, -0.15) is 5.10 Å². The summed E-state index contributed by atoms with van der Waals surface area (Å²) >= 11 is 0. The van der Waals surface area contributed by atoms with Crippen LogP contribution in [0.1, 0.15) is 5.56 Å². The van der Waals surface area contributed by atoms with Crippen LogP contribution in [0.5, 0.6) is 5.75 Å². The van der Waals surface area contributed by atoms with E-state index in [2.05, 4.69) is 10.2 Å². The lowest BCUT2D eigenvalue weighted by Crippen LogP contribution is -1.91. The summed E-state index contributed by atoms with van der Waals surface area (Å²) in [5, 5.41) is 6.61. The lowest BCUT2D eigenvalue weighted by Gasteiger charge is -2.08. The fraction of sp³-hybridized carbons (Fsp3) is 0.182. The molecule has 0 fully saturated rings. The van der Waals surface area contributed by atoms with Crippen LogP contribution in [0.3, 0.4) is 0 Å². The van der Waals surface area contributed by atoms with Gasteiger partial charge in [0.2, 0.25) is 0 Å². The maximum atomic E-state index is 5.77. The van der Waals surface area contributed by atoms with Gasteiger partial charge in [-0.3, -0.25) is 5.10 Å². The van der Waals surface area contributed by atoms with Crippen molar-refractivity contribution in [2.24, 2.45) is 0 Å². The van der Waals surface area contributed by atoms with Gasteiger partial charge in [0.15, 0.2) is 0 Å². The van der Waals surface area contributed by atoms with Gasteiger partial charge in [0, 0.05) is 11.1 Å². The van der Waals surface area contributed by atoms with E-state index in [1.807, 2.05) is 25.1 Å². The third-order valence-electron chi connectivity index (χ3n) is 2.31. The molecule has 15 heavy (non-hydrogen) atoms. The van der Waals surface area contributed by atoms with Crippen LogP contribution >= 0.6 is 0 Å². The van der Waals surface area contributed by atoms with Crippen LogP contribution in [0, 0.1) is 6.92 Å². The number of aromatic amines is 1. The lowest BCUT2D eigenvalue weighted by molar-refractivity contribution is 0.416. The molecule has 0 bridgehead atoms. The first kappa shape index (κ1) is 9.58. The Morgan fingerprint density at radius 3 is 2.73 bits per heavy atom. The Bertz CT molecular complexity index is 476. The predicted octanol–water partition coefficient (Wildman–Crippen LogP) is 1.98. The highest BCUT2D eigenvalue weighted by Gasteiger charge is 2.10. The molecule has 1 heterocycles. The van der Waals surface area contributed by atoms with E-state index in [9.17, 15) is 0 Å². The monoisotopic (exact) mass is 203 g/mol. The number of nitrogens with zero attached hydrogens (tertiary/aromatic N) is 1. The van der Waals surface area contributed by atoms with E-state index in [0.29, 0.717) is 5.82 Å². The zero-order valence-electron chi connectivity index (χ0n) is 8.74. The summed E-state index contributed by atoms with van der Waals surface area (Å²) in [5.74, 6) is 1.35. The van der Waals surface area contributed by atoms with Crippen molar-refractivity contribution >= 4 is 5.82 Å². The van der Waals surface area contributed by atoms with E-state index >= 15 is 0 Å². The molecule has 2 aromatic rings. The number of hydrogen-bond donors (Lipinski definition) is 2. The molecule has 0 saturated heterocycles. The summed E-state index contributed by atoms with van der Waals surface area (Å²) in [6.07, 6.45) is 1.70. The number of anilines is 1. The molecule has 0 spiro atoms. The molecule has 0 aliphatic rings. The van der Waals surface area contributed by atoms with Crippen molar-refractivity contribution in [2.45, 2.75) is 6.92 Å². The smallest absolute Gasteiger partial charge is 0.126 e. The number of nitrogens with two attached hydrogens (primary N) is 1. The summed E-state index contributed by atoms with van der Waals surface area (Å²) in [6.45, 7) is 2.03. The van der Waals surface area contributed by atoms with Crippen LogP contribution in [0.4, 0.5) is 5.82 Å². The van der Waals surface area contributed by atoms with E-state index in [0.717, 1.165) is 22.4 Å². The van der Waals surface area contributed by atoms with Crippen molar-refractivity contribution in [1.82, 2.24) is 10.2 Å². The Kier molecular flexibility index (Phi) is 2.33. The number of ether oxygens (including phenoxy) is 1. The van der Waals surface area contributed by atoms with Gasteiger partial charge in [-0.1, -0.05) is 11.6 Å². The van der Waals surface area contributed by atoms with Gasteiger partial charge in [-0.15, -0.1) is 0 Å². The van der Waals surface area contributed by atoms with Crippen molar-refractivity contribution in [3.8, 4) is 16.9 Å². The third-order valence-corrected chi connectivity index (χ3v) is 2.31. The summed E-state index contributed by atoms with van der Waals surface area (Å²) in [6, 6.07) is 5.95. The van der Waals surface area contributed by atoms with Gasteiger partial charge < -0.3 is 10.5 Å². The largest absolute Gasteiger partial charge is 0.496 e. The molecule has 0 radical (unpaired) electrons. The average Bonchev–Trinajstić information content (AvgIpc) is 2.64. The Labute approximate surface area is 88.1 Å². The molecule has 0 amide bonds. The molecule has 0 aliphatic carbocycles. The lowest BCUT2D eigenvalue weighted by atomic mass is 10.0. The van der Waals surface area contributed by atoms with Crippen LogP contribution in [-0.2, 0) is 0 Å². The molecular weight excluding hydrogens is 190 g/mol. The highest BCUT2D eigenvalue weighted by Crippen LogP contribution is 2.33. The summed E-state index contributed by atoms with van der Waals surface area (Å²) in [7, 11) is 1.64. The Balaban J connectivity index is 2.60. The second-order valence-corrected chi connectivity index (χ2v) is 3.40. The van der Waals surface area contributed by atoms with Gasteiger partial charge in [0.05, 0.1) is 13.3 Å². The van der Waals surface area contributed by atoms with Crippen LogP contribution in [0.15, 0.2) is 24.4 Å². The molecule has 4 nitrogen and oxygen atoms in total. The second-order valence-electron chi connectivity index (χ2n) is 3.40. The minimum atomic E-state index is 0.555. The van der Waals surface area contributed by atoms with Gasteiger partial charge in [0.25, 0.3) is 0 Å². The number of aryl methyl sites for hydroxylation is 1. The van der Waals surface area contributed by atoms with Crippen molar-refractivity contribution in [1.29, 1.82) is 0 Å². The van der Waals surface area contributed by atoms with Crippen molar-refractivity contribution in [3.63, 3.8) is 0 Å². The van der Waals surface area contributed by atoms with E-state index in [4.69, 9.17) is 10.5 Å². The Morgan fingerprint density at radius 1 is 1.33 bits per heavy atom. The Morgan fingerprint density at radius 2 is 2.13 bits per heavy atom. The number of benzene rings is 1. The number of nitrogens with one attached hydrogen (secondary N) is 1. The quantitative estimate of drug-likeness (QED) is 0.784. The van der Waals surface area contributed by atoms with Gasteiger partial charge in [-0.05, 0) is 19.1 Å². The predicted molar refractivity (Wildman–Crippen MR) is 59.7 cm³/mol. The van der Waals surface area contributed by atoms with Crippen LogP contribution in [-0.4, -0.2) is 17.3 Å². The van der Waals surface area contributed by atoms with E-state index < -0.39 is 0 Å². The summed E-state index contributed by atoms with van der Waals surface area (Å²) in [4.78, 5) is 0. The first-order valence-corrected chi connectivity index (χ1v) is 4.66. The fourth-order valence-corrected chi connectivity index (χ4v) is 1.54. The maximum Gasteiger partial charge on any atom is 0.126 e. The molecule has 2 rings (SSSR count). The molecule has 1 aromatic heterocycles. The maximum absolute atomic E-state index is 5.77. The number of methoxy groups -OCH3 is 1. The normalized spacial score (nSPS) is 10.3. The van der Waals surface area contributed by atoms with Crippen molar-refractivity contribution in [2.75, 3.05) is 12.8 Å². The fourth-order valence-electron chi connectivity index (χ4n) is 1.54.